The van der Waals surface area contributed by atoms with Crippen molar-refractivity contribution < 1.29 is 9.00 Å². The fraction of sp³-hybridized carbons (Fsp3) is 0.462. The van der Waals surface area contributed by atoms with Crippen molar-refractivity contribution in [2.75, 3.05) is 22.6 Å². The number of carbonyl (C=O) groups is 1. The van der Waals surface area contributed by atoms with Crippen molar-refractivity contribution in [2.45, 2.75) is 26.2 Å². The van der Waals surface area contributed by atoms with Crippen LogP contribution < -0.4 is 11.1 Å². The maximum atomic E-state index is 11.6. The normalized spacial score (nSPS) is 12.1. The van der Waals surface area contributed by atoms with Gasteiger partial charge in [0.25, 0.3) is 0 Å². The van der Waals surface area contributed by atoms with Crippen LogP contribution in [0.1, 0.15) is 26.2 Å². The molecule has 1 unspecified atom stereocenters. The fourth-order valence-electron chi connectivity index (χ4n) is 1.49. The predicted octanol–water partition coefficient (Wildman–Crippen LogP) is 2.15. The summed E-state index contributed by atoms with van der Waals surface area (Å²) in [6.45, 7) is 2.09. The van der Waals surface area contributed by atoms with Gasteiger partial charge in [0.1, 0.15) is 5.75 Å². The lowest BCUT2D eigenvalue weighted by Crippen LogP contribution is -2.20. The van der Waals surface area contributed by atoms with Crippen molar-refractivity contribution in [2.24, 2.45) is 0 Å². The van der Waals surface area contributed by atoms with Gasteiger partial charge in [-0.05, 0) is 30.7 Å². The number of nitrogen functional groups attached to an aromatic ring is 1. The van der Waals surface area contributed by atoms with Crippen molar-refractivity contribution in [1.29, 1.82) is 0 Å². The van der Waals surface area contributed by atoms with E-state index in [-0.39, 0.29) is 11.7 Å². The number of hydrogen-bond donors (Lipinski definition) is 2. The first-order valence-corrected chi connectivity index (χ1v) is 7.61. The number of anilines is 2. The largest absolute Gasteiger partial charge is 0.399 e. The van der Waals surface area contributed by atoms with Crippen molar-refractivity contribution in [3.05, 3.63) is 24.3 Å². The summed E-state index contributed by atoms with van der Waals surface area (Å²) in [7, 11) is -1.07. The third-order valence-corrected chi connectivity index (χ3v) is 3.79. The monoisotopic (exact) mass is 268 g/mol. The number of rotatable bonds is 7. The summed E-state index contributed by atoms with van der Waals surface area (Å²) in [4.78, 5) is 11.6. The van der Waals surface area contributed by atoms with Crippen molar-refractivity contribution in [3.8, 4) is 0 Å². The molecule has 1 aromatic carbocycles. The molecule has 1 rings (SSSR count). The summed E-state index contributed by atoms with van der Waals surface area (Å²) < 4.78 is 11.6. The molecule has 0 aliphatic rings. The van der Waals surface area contributed by atoms with Crippen molar-refractivity contribution in [3.63, 3.8) is 0 Å². The maximum Gasteiger partial charge on any atom is 0.236 e. The molecule has 0 saturated carbocycles. The zero-order valence-corrected chi connectivity index (χ0v) is 11.5. The molecule has 0 bridgehead atoms. The number of nitrogens with two attached hydrogens (primary N) is 1. The minimum atomic E-state index is -1.07. The third kappa shape index (κ3) is 5.82. The lowest BCUT2D eigenvalue weighted by Gasteiger charge is -2.05. The standard InChI is InChI=1S/C13H20N2O2S/c1-2-3-4-9-18(17)10-13(16)15-12-7-5-11(14)6-8-12/h5-8H,2-4,9-10,14H2,1H3,(H,15,16). The summed E-state index contributed by atoms with van der Waals surface area (Å²) in [6.07, 6.45) is 3.07. The van der Waals surface area contributed by atoms with Gasteiger partial charge in [0, 0.05) is 27.9 Å². The molecule has 100 valence electrons. The van der Waals surface area contributed by atoms with Gasteiger partial charge in [0.15, 0.2) is 0 Å². The van der Waals surface area contributed by atoms with Gasteiger partial charge in [0.05, 0.1) is 0 Å². The average Bonchev–Trinajstić information content (AvgIpc) is 2.32. The van der Waals surface area contributed by atoms with Gasteiger partial charge >= 0.3 is 0 Å². The van der Waals surface area contributed by atoms with Crippen LogP contribution in [-0.2, 0) is 15.6 Å². The Morgan fingerprint density at radius 2 is 1.94 bits per heavy atom. The highest BCUT2D eigenvalue weighted by Crippen LogP contribution is 2.10. The van der Waals surface area contributed by atoms with E-state index >= 15 is 0 Å². The fourth-order valence-corrected chi connectivity index (χ4v) is 2.53. The van der Waals surface area contributed by atoms with E-state index in [1.54, 1.807) is 24.3 Å². The number of amides is 1. The van der Waals surface area contributed by atoms with E-state index in [0.29, 0.717) is 17.1 Å². The number of unbranched alkanes of at least 4 members (excludes halogenated alkanes) is 2. The predicted molar refractivity (Wildman–Crippen MR) is 76.9 cm³/mol. The van der Waals surface area contributed by atoms with Crippen LogP contribution in [0, 0.1) is 0 Å². The van der Waals surface area contributed by atoms with Crippen LogP contribution in [0.2, 0.25) is 0 Å². The van der Waals surface area contributed by atoms with Crippen LogP contribution in [0.15, 0.2) is 24.3 Å². The van der Waals surface area contributed by atoms with Gasteiger partial charge in [-0.1, -0.05) is 19.8 Å². The van der Waals surface area contributed by atoms with Crippen LogP contribution in [0.25, 0.3) is 0 Å². The highest BCUT2D eigenvalue weighted by molar-refractivity contribution is 7.85. The van der Waals surface area contributed by atoms with E-state index in [4.69, 9.17) is 5.73 Å². The maximum absolute atomic E-state index is 11.6. The summed E-state index contributed by atoms with van der Waals surface area (Å²) in [5, 5.41) is 2.70. The molecule has 0 aliphatic heterocycles. The molecule has 5 heteroatoms. The molecule has 0 aliphatic carbocycles. The Morgan fingerprint density at radius 3 is 2.56 bits per heavy atom. The first-order valence-electron chi connectivity index (χ1n) is 6.12. The minimum Gasteiger partial charge on any atom is -0.399 e. The molecule has 0 spiro atoms. The van der Waals surface area contributed by atoms with Gasteiger partial charge in [-0.15, -0.1) is 0 Å². The van der Waals surface area contributed by atoms with Crippen LogP contribution in [0.5, 0.6) is 0 Å². The number of hydrogen-bond acceptors (Lipinski definition) is 3. The molecule has 4 nitrogen and oxygen atoms in total. The quantitative estimate of drug-likeness (QED) is 0.588. The Hall–Kier alpha value is -1.36. The van der Waals surface area contributed by atoms with Crippen LogP contribution in [0.3, 0.4) is 0 Å². The van der Waals surface area contributed by atoms with Crippen molar-refractivity contribution in [1.82, 2.24) is 0 Å². The van der Waals surface area contributed by atoms with Gasteiger partial charge in [-0.2, -0.15) is 0 Å². The second kappa shape index (κ2) is 7.87. The summed E-state index contributed by atoms with van der Waals surface area (Å²) >= 11 is 0. The van der Waals surface area contributed by atoms with Crippen molar-refractivity contribution >= 4 is 28.1 Å². The molecule has 0 saturated heterocycles. The lowest BCUT2D eigenvalue weighted by atomic mass is 10.3. The van der Waals surface area contributed by atoms with E-state index in [0.717, 1.165) is 19.3 Å². The second-order valence-corrected chi connectivity index (χ2v) is 5.74. The van der Waals surface area contributed by atoms with E-state index in [1.807, 2.05) is 0 Å². The smallest absolute Gasteiger partial charge is 0.236 e. The first kappa shape index (κ1) is 14.7. The number of benzene rings is 1. The van der Waals surface area contributed by atoms with Gasteiger partial charge in [0.2, 0.25) is 5.91 Å². The van der Waals surface area contributed by atoms with E-state index in [1.165, 1.54) is 0 Å². The van der Waals surface area contributed by atoms with Crippen LogP contribution in [0.4, 0.5) is 11.4 Å². The van der Waals surface area contributed by atoms with E-state index in [2.05, 4.69) is 12.2 Å². The molecule has 0 fully saturated rings. The molecular formula is C13H20N2O2S. The summed E-state index contributed by atoms with van der Waals surface area (Å²) in [5.74, 6) is 0.450. The molecular weight excluding hydrogens is 248 g/mol. The SMILES string of the molecule is CCCCCS(=O)CC(=O)Nc1ccc(N)cc1. The number of carbonyl (C=O) groups excluding carboxylic acids is 1. The highest BCUT2D eigenvalue weighted by Gasteiger charge is 2.07. The molecule has 3 N–H and O–H groups in total. The Bertz CT molecular complexity index is 404. The molecule has 0 radical (unpaired) electrons. The van der Waals surface area contributed by atoms with E-state index < -0.39 is 10.8 Å². The third-order valence-electron chi connectivity index (χ3n) is 2.46. The molecule has 1 atom stereocenters. The average molecular weight is 268 g/mol. The molecule has 0 aromatic heterocycles. The van der Waals surface area contributed by atoms with E-state index in [9.17, 15) is 9.00 Å². The number of nitrogens with one attached hydrogen (secondary N) is 1. The topological polar surface area (TPSA) is 72.2 Å². The second-order valence-electron chi connectivity index (χ2n) is 4.17. The Balaban J connectivity index is 2.32. The van der Waals surface area contributed by atoms with Crippen LogP contribution >= 0.6 is 0 Å². The molecule has 1 aromatic rings. The molecule has 1 amide bonds. The minimum absolute atomic E-state index is 0.0636. The Morgan fingerprint density at radius 1 is 1.28 bits per heavy atom. The van der Waals surface area contributed by atoms with Gasteiger partial charge in [-0.25, -0.2) is 0 Å². The first-order chi connectivity index (χ1) is 8.61. The van der Waals surface area contributed by atoms with Crippen LogP contribution in [-0.4, -0.2) is 21.6 Å². The summed E-state index contributed by atoms with van der Waals surface area (Å²) in [5.41, 5.74) is 6.87. The Labute approximate surface area is 110 Å². The molecule has 0 heterocycles. The van der Waals surface area contributed by atoms with Gasteiger partial charge in [-0.3, -0.25) is 9.00 Å². The Kier molecular flexibility index (Phi) is 6.43. The van der Waals surface area contributed by atoms with Gasteiger partial charge < -0.3 is 11.1 Å². The highest BCUT2D eigenvalue weighted by atomic mass is 32.2. The molecule has 18 heavy (non-hydrogen) atoms. The zero-order chi connectivity index (χ0) is 13.4. The lowest BCUT2D eigenvalue weighted by molar-refractivity contribution is -0.113. The summed E-state index contributed by atoms with van der Waals surface area (Å²) in [6, 6.07) is 6.89. The zero-order valence-electron chi connectivity index (χ0n) is 10.6.